The first-order valence-electron chi connectivity index (χ1n) is 6.73. The predicted octanol–water partition coefficient (Wildman–Crippen LogP) is 3.63. The van der Waals surface area contributed by atoms with Crippen molar-refractivity contribution in [2.24, 2.45) is 0 Å². The van der Waals surface area contributed by atoms with Crippen molar-refractivity contribution < 1.29 is 18.7 Å². The molecule has 0 saturated carbocycles. The number of ketones is 1. The molecule has 0 bridgehead atoms. The molecule has 2 aromatic rings. The number of rotatable bonds is 5. The fourth-order valence-corrected chi connectivity index (χ4v) is 1.99. The predicted molar refractivity (Wildman–Crippen MR) is 83.9 cm³/mol. The number of carbonyl (C=O) groups excluding carboxylic acids is 1. The zero-order valence-electron chi connectivity index (χ0n) is 12.7. The second kappa shape index (κ2) is 7.23. The van der Waals surface area contributed by atoms with E-state index in [1.807, 2.05) is 6.07 Å². The van der Waals surface area contributed by atoms with Crippen molar-refractivity contribution in [1.29, 1.82) is 5.26 Å². The Bertz CT molecular complexity index is 789. The van der Waals surface area contributed by atoms with Gasteiger partial charge in [-0.1, -0.05) is 6.07 Å². The molecule has 0 atom stereocenters. The molecule has 2 aromatic carbocycles. The number of methoxy groups -OCH3 is 2. The molecule has 0 N–H and O–H groups in total. The molecule has 5 heteroatoms. The van der Waals surface area contributed by atoms with Crippen molar-refractivity contribution in [3.63, 3.8) is 0 Å². The fourth-order valence-electron chi connectivity index (χ4n) is 1.99. The molecule has 0 fully saturated rings. The number of allylic oxidation sites excluding steroid dienone is 1. The lowest BCUT2D eigenvalue weighted by molar-refractivity contribution is 0.104. The largest absolute Gasteiger partial charge is 0.497 e. The van der Waals surface area contributed by atoms with Crippen LogP contribution < -0.4 is 9.47 Å². The second-order valence-electron chi connectivity index (χ2n) is 4.62. The van der Waals surface area contributed by atoms with Gasteiger partial charge in [0.2, 0.25) is 5.78 Å². The quantitative estimate of drug-likeness (QED) is 0.480. The van der Waals surface area contributed by atoms with Crippen molar-refractivity contribution in [1.82, 2.24) is 0 Å². The number of nitrogens with zero attached hydrogens (tertiary/aromatic N) is 1. The molecule has 0 heterocycles. The van der Waals surface area contributed by atoms with Crippen LogP contribution in [0.5, 0.6) is 11.5 Å². The number of hydrogen-bond donors (Lipinski definition) is 0. The van der Waals surface area contributed by atoms with E-state index in [2.05, 4.69) is 0 Å². The van der Waals surface area contributed by atoms with E-state index >= 15 is 0 Å². The van der Waals surface area contributed by atoms with Crippen molar-refractivity contribution in [2.45, 2.75) is 0 Å². The van der Waals surface area contributed by atoms with E-state index in [0.29, 0.717) is 16.9 Å². The number of Topliss-reactive ketones (excluding diaryl/α,β-unsaturated/α-hetero) is 1. The van der Waals surface area contributed by atoms with E-state index in [1.165, 1.54) is 32.4 Å². The van der Waals surface area contributed by atoms with Crippen LogP contribution in [0.1, 0.15) is 15.9 Å². The molecule has 0 saturated heterocycles. The van der Waals surface area contributed by atoms with Crippen molar-refractivity contribution >= 4 is 11.9 Å². The van der Waals surface area contributed by atoms with E-state index in [0.717, 1.165) is 0 Å². The van der Waals surface area contributed by atoms with Crippen LogP contribution in [0.3, 0.4) is 0 Å². The number of ether oxygens (including phenoxy) is 2. The van der Waals surface area contributed by atoms with Gasteiger partial charge in [0.05, 0.1) is 14.2 Å². The first-order chi connectivity index (χ1) is 11.1. The number of halogens is 1. The van der Waals surface area contributed by atoms with E-state index in [4.69, 9.17) is 9.47 Å². The third kappa shape index (κ3) is 3.74. The Kier molecular flexibility index (Phi) is 5.11. The maximum absolute atomic E-state index is 13.7. The highest BCUT2D eigenvalue weighted by molar-refractivity contribution is 6.14. The molecule has 0 spiro atoms. The molecule has 2 rings (SSSR count). The number of hydrogen-bond acceptors (Lipinski definition) is 4. The summed E-state index contributed by atoms with van der Waals surface area (Å²) in [7, 11) is 2.89. The molecule has 0 aliphatic rings. The minimum absolute atomic E-state index is 0.0836. The zero-order chi connectivity index (χ0) is 16.8. The van der Waals surface area contributed by atoms with Gasteiger partial charge in [0.15, 0.2) is 11.6 Å². The van der Waals surface area contributed by atoms with Crippen LogP contribution in [0.25, 0.3) is 6.08 Å². The molecule has 116 valence electrons. The van der Waals surface area contributed by atoms with E-state index < -0.39 is 11.6 Å². The van der Waals surface area contributed by atoms with Crippen LogP contribution in [-0.2, 0) is 0 Å². The summed E-state index contributed by atoms with van der Waals surface area (Å²) in [6, 6.07) is 12.5. The molecule has 0 radical (unpaired) electrons. The summed E-state index contributed by atoms with van der Waals surface area (Å²) in [6.07, 6.45) is 1.34. The van der Waals surface area contributed by atoms with Crippen LogP contribution in [0.15, 0.2) is 48.0 Å². The lowest BCUT2D eigenvalue weighted by atomic mass is 10.0. The van der Waals surface area contributed by atoms with Gasteiger partial charge in [0.1, 0.15) is 17.4 Å². The molecule has 0 aliphatic carbocycles. The van der Waals surface area contributed by atoms with Crippen LogP contribution in [-0.4, -0.2) is 20.0 Å². The second-order valence-corrected chi connectivity index (χ2v) is 4.62. The third-order valence-corrected chi connectivity index (χ3v) is 3.20. The lowest BCUT2D eigenvalue weighted by Crippen LogP contribution is -2.02. The molecule has 4 nitrogen and oxygen atoms in total. The van der Waals surface area contributed by atoms with Gasteiger partial charge in [-0.2, -0.15) is 5.26 Å². The fraction of sp³-hybridized carbons (Fsp3) is 0.111. The minimum atomic E-state index is -0.560. The molecule has 0 aliphatic heterocycles. The SMILES string of the molecule is COc1ccc(C(=O)/C(C#N)=C/c2ccc(OC)c(F)c2)cc1. The Balaban J connectivity index is 2.32. The lowest BCUT2D eigenvalue weighted by Gasteiger charge is -2.04. The van der Waals surface area contributed by atoms with E-state index in [-0.39, 0.29) is 11.3 Å². The highest BCUT2D eigenvalue weighted by atomic mass is 19.1. The van der Waals surface area contributed by atoms with Crippen LogP contribution in [0.2, 0.25) is 0 Å². The topological polar surface area (TPSA) is 59.3 Å². The van der Waals surface area contributed by atoms with E-state index in [1.54, 1.807) is 30.3 Å². The third-order valence-electron chi connectivity index (χ3n) is 3.20. The summed E-state index contributed by atoms with van der Waals surface area (Å²) in [5, 5.41) is 9.21. The molecule has 0 aromatic heterocycles. The maximum atomic E-state index is 13.7. The molecule has 0 unspecified atom stereocenters. The van der Waals surface area contributed by atoms with Gasteiger partial charge in [-0.05, 0) is 48.0 Å². The van der Waals surface area contributed by atoms with Crippen molar-refractivity contribution in [3.8, 4) is 17.6 Å². The first kappa shape index (κ1) is 16.2. The molecule has 0 amide bonds. The Labute approximate surface area is 133 Å². The van der Waals surface area contributed by atoms with Crippen molar-refractivity contribution in [3.05, 3.63) is 65.0 Å². The molecule has 23 heavy (non-hydrogen) atoms. The first-order valence-corrected chi connectivity index (χ1v) is 6.73. The van der Waals surface area contributed by atoms with Crippen LogP contribution in [0.4, 0.5) is 4.39 Å². The van der Waals surface area contributed by atoms with Gasteiger partial charge in [-0.15, -0.1) is 0 Å². The Hall–Kier alpha value is -3.13. The van der Waals surface area contributed by atoms with Gasteiger partial charge in [0, 0.05) is 5.56 Å². The summed E-state index contributed by atoms with van der Waals surface area (Å²) in [5.74, 6) is -0.287. The molecular weight excluding hydrogens is 297 g/mol. The average Bonchev–Trinajstić information content (AvgIpc) is 2.59. The van der Waals surface area contributed by atoms with Gasteiger partial charge in [-0.25, -0.2) is 4.39 Å². The van der Waals surface area contributed by atoms with Gasteiger partial charge < -0.3 is 9.47 Å². The highest BCUT2D eigenvalue weighted by Gasteiger charge is 2.13. The van der Waals surface area contributed by atoms with Gasteiger partial charge >= 0.3 is 0 Å². The number of nitriles is 1. The molecular formula is C18H14FNO3. The smallest absolute Gasteiger partial charge is 0.203 e. The van der Waals surface area contributed by atoms with Gasteiger partial charge in [0.25, 0.3) is 0 Å². The van der Waals surface area contributed by atoms with Crippen LogP contribution >= 0.6 is 0 Å². The Morgan fingerprint density at radius 3 is 2.35 bits per heavy atom. The Morgan fingerprint density at radius 1 is 1.13 bits per heavy atom. The van der Waals surface area contributed by atoms with Gasteiger partial charge in [-0.3, -0.25) is 4.79 Å². The highest BCUT2D eigenvalue weighted by Crippen LogP contribution is 2.21. The minimum Gasteiger partial charge on any atom is -0.497 e. The summed E-state index contributed by atoms with van der Waals surface area (Å²) in [5.41, 5.74) is 0.675. The summed E-state index contributed by atoms with van der Waals surface area (Å²) >= 11 is 0. The van der Waals surface area contributed by atoms with Crippen LogP contribution in [0, 0.1) is 17.1 Å². The number of carbonyl (C=O) groups is 1. The zero-order valence-corrected chi connectivity index (χ0v) is 12.7. The normalized spacial score (nSPS) is 10.8. The van der Waals surface area contributed by atoms with E-state index in [9.17, 15) is 14.4 Å². The monoisotopic (exact) mass is 311 g/mol. The van der Waals surface area contributed by atoms with Crippen molar-refractivity contribution in [2.75, 3.05) is 14.2 Å². The maximum Gasteiger partial charge on any atom is 0.203 e. The Morgan fingerprint density at radius 2 is 1.83 bits per heavy atom. The summed E-state index contributed by atoms with van der Waals surface area (Å²) < 4.78 is 23.5. The summed E-state index contributed by atoms with van der Waals surface area (Å²) in [4.78, 5) is 12.3. The average molecular weight is 311 g/mol. The number of benzene rings is 2. The standard InChI is InChI=1S/C18H14FNO3/c1-22-15-6-4-13(5-7-15)18(21)14(11-20)9-12-3-8-17(23-2)16(19)10-12/h3-10H,1-2H3/b14-9+. The summed E-state index contributed by atoms with van der Waals surface area (Å²) in [6.45, 7) is 0.